The Bertz CT molecular complexity index is 635. The Morgan fingerprint density at radius 3 is 3.00 bits per heavy atom. The van der Waals surface area contributed by atoms with Crippen LogP contribution in [-0.4, -0.2) is 16.5 Å². The first-order chi connectivity index (χ1) is 10.2. The molecule has 21 heavy (non-hydrogen) atoms. The predicted molar refractivity (Wildman–Crippen MR) is 93.3 cm³/mol. The van der Waals surface area contributed by atoms with Crippen LogP contribution in [0.2, 0.25) is 0 Å². The molecule has 0 saturated carbocycles. The molecule has 0 atom stereocenters. The third-order valence-electron chi connectivity index (χ3n) is 3.85. The summed E-state index contributed by atoms with van der Waals surface area (Å²) in [5, 5.41) is 7.69. The van der Waals surface area contributed by atoms with Crippen LogP contribution in [0.4, 0.5) is 5.82 Å². The maximum atomic E-state index is 5.87. The zero-order valence-corrected chi connectivity index (χ0v) is 13.5. The van der Waals surface area contributed by atoms with Crippen molar-refractivity contribution in [2.45, 2.75) is 32.1 Å². The van der Waals surface area contributed by atoms with Gasteiger partial charge in [-0.15, -0.1) is 0 Å². The molecular formula is C16H19N3S2. The van der Waals surface area contributed by atoms with Gasteiger partial charge in [0.1, 0.15) is 10.8 Å². The van der Waals surface area contributed by atoms with E-state index < -0.39 is 0 Å². The van der Waals surface area contributed by atoms with Crippen LogP contribution in [0.1, 0.15) is 35.2 Å². The third-order valence-corrected chi connectivity index (χ3v) is 4.80. The number of nitrogens with one attached hydrogen (secondary N) is 1. The van der Waals surface area contributed by atoms with Crippen molar-refractivity contribution in [3.8, 4) is 0 Å². The van der Waals surface area contributed by atoms with E-state index in [1.165, 1.54) is 29.7 Å². The number of nitrogens with zero attached hydrogens (tertiary/aromatic N) is 1. The number of thiocarbonyl (C=S) groups is 1. The molecule has 0 radical (unpaired) electrons. The van der Waals surface area contributed by atoms with Gasteiger partial charge in [0, 0.05) is 12.2 Å². The van der Waals surface area contributed by atoms with Crippen molar-refractivity contribution in [2.75, 3.05) is 11.9 Å². The molecule has 5 heteroatoms. The summed E-state index contributed by atoms with van der Waals surface area (Å²) in [6, 6.07) is 4.29. The quantitative estimate of drug-likeness (QED) is 0.831. The van der Waals surface area contributed by atoms with Crippen molar-refractivity contribution in [3.05, 3.63) is 45.3 Å². The maximum Gasteiger partial charge on any atom is 0.136 e. The minimum absolute atomic E-state index is 0.425. The fraction of sp³-hybridized carbons (Fsp3) is 0.375. The number of pyridine rings is 1. The van der Waals surface area contributed by atoms with Gasteiger partial charge in [0.05, 0.1) is 5.56 Å². The molecule has 2 aromatic rings. The van der Waals surface area contributed by atoms with Crippen LogP contribution in [0.15, 0.2) is 22.9 Å². The highest BCUT2D eigenvalue weighted by molar-refractivity contribution is 7.80. The van der Waals surface area contributed by atoms with Gasteiger partial charge in [-0.2, -0.15) is 11.3 Å². The number of aromatic nitrogens is 1. The van der Waals surface area contributed by atoms with E-state index in [0.29, 0.717) is 4.99 Å². The van der Waals surface area contributed by atoms with Crippen LogP contribution in [0.25, 0.3) is 0 Å². The maximum absolute atomic E-state index is 5.87. The highest BCUT2D eigenvalue weighted by Gasteiger charge is 2.16. The second kappa shape index (κ2) is 6.54. The number of hydrogen-bond donors (Lipinski definition) is 2. The van der Waals surface area contributed by atoms with Crippen LogP contribution >= 0.6 is 23.6 Å². The molecule has 0 bridgehead atoms. The van der Waals surface area contributed by atoms with Crippen molar-refractivity contribution in [2.24, 2.45) is 5.73 Å². The highest BCUT2D eigenvalue weighted by Crippen LogP contribution is 2.24. The Labute approximate surface area is 134 Å². The average molecular weight is 317 g/mol. The molecule has 2 aromatic heterocycles. The lowest BCUT2D eigenvalue weighted by Crippen LogP contribution is -2.19. The van der Waals surface area contributed by atoms with Gasteiger partial charge >= 0.3 is 0 Å². The van der Waals surface area contributed by atoms with E-state index >= 15 is 0 Å². The number of rotatable bonds is 5. The molecule has 3 N–H and O–H groups in total. The van der Waals surface area contributed by atoms with Gasteiger partial charge in [-0.25, -0.2) is 4.98 Å². The Morgan fingerprint density at radius 1 is 1.38 bits per heavy atom. The molecule has 0 spiro atoms. The molecule has 0 amide bonds. The Hall–Kier alpha value is -1.46. The summed E-state index contributed by atoms with van der Waals surface area (Å²) in [6.45, 7) is 0.845. The summed E-state index contributed by atoms with van der Waals surface area (Å²) < 4.78 is 0. The molecule has 3 nitrogen and oxygen atoms in total. The first-order valence-corrected chi connectivity index (χ1v) is 8.66. The SMILES string of the molecule is NC(=S)c1cc2c(nc1NCCc1ccsc1)CCCC2. The summed E-state index contributed by atoms with van der Waals surface area (Å²) in [5.41, 5.74) is 10.6. The van der Waals surface area contributed by atoms with E-state index in [0.717, 1.165) is 37.2 Å². The second-order valence-electron chi connectivity index (χ2n) is 5.37. The van der Waals surface area contributed by atoms with E-state index in [1.54, 1.807) is 11.3 Å². The summed E-state index contributed by atoms with van der Waals surface area (Å²) in [4.78, 5) is 5.20. The predicted octanol–water partition coefficient (Wildman–Crippen LogP) is 3.31. The molecule has 0 unspecified atom stereocenters. The van der Waals surface area contributed by atoms with Crippen LogP contribution in [-0.2, 0) is 19.3 Å². The second-order valence-corrected chi connectivity index (χ2v) is 6.59. The number of fused-ring (bicyclic) bond motifs is 1. The zero-order valence-electron chi connectivity index (χ0n) is 11.9. The number of anilines is 1. The zero-order chi connectivity index (χ0) is 14.7. The highest BCUT2D eigenvalue weighted by atomic mass is 32.1. The summed E-state index contributed by atoms with van der Waals surface area (Å²) in [7, 11) is 0. The summed E-state index contributed by atoms with van der Waals surface area (Å²) >= 11 is 6.91. The number of aryl methyl sites for hydroxylation is 2. The lowest BCUT2D eigenvalue weighted by atomic mass is 9.94. The van der Waals surface area contributed by atoms with Gasteiger partial charge in [-0.3, -0.25) is 0 Å². The third kappa shape index (κ3) is 3.41. The lowest BCUT2D eigenvalue weighted by Gasteiger charge is -2.19. The summed E-state index contributed by atoms with van der Waals surface area (Å²) in [5.74, 6) is 0.846. The van der Waals surface area contributed by atoms with Gasteiger partial charge in [-0.05, 0) is 66.1 Å². The van der Waals surface area contributed by atoms with Crippen LogP contribution in [0.3, 0.4) is 0 Å². The van der Waals surface area contributed by atoms with Crippen LogP contribution in [0, 0.1) is 0 Å². The first kappa shape index (κ1) is 14.5. The summed E-state index contributed by atoms with van der Waals surface area (Å²) in [6.07, 6.45) is 5.59. The van der Waals surface area contributed by atoms with Crippen molar-refractivity contribution in [1.82, 2.24) is 4.98 Å². The van der Waals surface area contributed by atoms with Gasteiger partial charge in [0.2, 0.25) is 0 Å². The van der Waals surface area contributed by atoms with Gasteiger partial charge in [-0.1, -0.05) is 12.2 Å². The average Bonchev–Trinajstić information content (AvgIpc) is 2.99. The van der Waals surface area contributed by atoms with Gasteiger partial charge in [0.15, 0.2) is 0 Å². The smallest absolute Gasteiger partial charge is 0.136 e. The van der Waals surface area contributed by atoms with E-state index in [9.17, 15) is 0 Å². The fourth-order valence-electron chi connectivity index (χ4n) is 2.72. The van der Waals surface area contributed by atoms with E-state index in [-0.39, 0.29) is 0 Å². The molecule has 2 heterocycles. The van der Waals surface area contributed by atoms with E-state index in [2.05, 4.69) is 28.2 Å². The molecule has 1 aliphatic rings. The standard InChI is InChI=1S/C16H19N3S2/c17-15(20)13-9-12-3-1-2-4-14(12)19-16(13)18-7-5-11-6-8-21-10-11/h6,8-10H,1-5,7H2,(H2,17,20)(H,18,19). The normalized spacial score (nSPS) is 13.7. The topological polar surface area (TPSA) is 50.9 Å². The largest absolute Gasteiger partial charge is 0.389 e. The van der Waals surface area contributed by atoms with Crippen molar-refractivity contribution >= 4 is 34.4 Å². The molecule has 0 saturated heterocycles. The lowest BCUT2D eigenvalue weighted by molar-refractivity contribution is 0.668. The number of nitrogens with two attached hydrogens (primary N) is 1. The molecule has 3 rings (SSSR count). The van der Waals surface area contributed by atoms with Crippen LogP contribution < -0.4 is 11.1 Å². The van der Waals surface area contributed by atoms with Crippen LogP contribution in [0.5, 0.6) is 0 Å². The molecule has 0 fully saturated rings. The van der Waals surface area contributed by atoms with E-state index in [1.807, 2.05) is 0 Å². The van der Waals surface area contributed by atoms with E-state index in [4.69, 9.17) is 22.9 Å². The molecule has 0 aromatic carbocycles. The minimum Gasteiger partial charge on any atom is -0.389 e. The number of hydrogen-bond acceptors (Lipinski definition) is 4. The molecule has 110 valence electrons. The first-order valence-electron chi connectivity index (χ1n) is 7.31. The Balaban J connectivity index is 1.77. The molecular weight excluding hydrogens is 298 g/mol. The monoisotopic (exact) mass is 317 g/mol. The number of thiophene rings is 1. The Kier molecular flexibility index (Phi) is 4.51. The van der Waals surface area contributed by atoms with Crippen molar-refractivity contribution < 1.29 is 0 Å². The molecule has 1 aliphatic carbocycles. The van der Waals surface area contributed by atoms with Gasteiger partial charge in [0.25, 0.3) is 0 Å². The van der Waals surface area contributed by atoms with Crippen molar-refractivity contribution in [1.29, 1.82) is 0 Å². The molecule has 0 aliphatic heterocycles. The Morgan fingerprint density at radius 2 is 2.24 bits per heavy atom. The van der Waals surface area contributed by atoms with Gasteiger partial charge < -0.3 is 11.1 Å². The fourth-order valence-corrected chi connectivity index (χ4v) is 3.58. The minimum atomic E-state index is 0.425. The van der Waals surface area contributed by atoms with Crippen molar-refractivity contribution in [3.63, 3.8) is 0 Å².